The van der Waals surface area contributed by atoms with Crippen molar-refractivity contribution in [1.29, 1.82) is 0 Å². The number of anilines is 2. The number of hydrogen-bond donors (Lipinski definition) is 1. The number of carbonyl (C=O) groups excluding carboxylic acids is 3. The fourth-order valence-corrected chi connectivity index (χ4v) is 4.63. The summed E-state index contributed by atoms with van der Waals surface area (Å²) in [5, 5.41) is 2.86. The summed E-state index contributed by atoms with van der Waals surface area (Å²) in [6.07, 6.45) is 3.28. The number of fused-ring (bicyclic) bond motifs is 1. The Kier molecular flexibility index (Phi) is 6.19. The van der Waals surface area contributed by atoms with Crippen LogP contribution >= 0.6 is 0 Å². The van der Waals surface area contributed by atoms with Gasteiger partial charge in [-0.2, -0.15) is 0 Å². The molecule has 1 N–H and O–H groups in total. The van der Waals surface area contributed by atoms with Crippen LogP contribution in [0.15, 0.2) is 90.5 Å². The Morgan fingerprint density at radius 1 is 0.914 bits per heavy atom. The third kappa shape index (κ3) is 4.73. The Balaban J connectivity index is 1.20. The molecule has 0 bridgehead atoms. The first-order valence-electron chi connectivity index (χ1n) is 11.7. The van der Waals surface area contributed by atoms with Gasteiger partial charge in [0, 0.05) is 11.3 Å². The molecule has 6 heteroatoms. The summed E-state index contributed by atoms with van der Waals surface area (Å²) in [5.74, 6) is -0.442. The third-order valence-corrected chi connectivity index (χ3v) is 6.57. The van der Waals surface area contributed by atoms with Crippen molar-refractivity contribution in [2.75, 3.05) is 10.2 Å². The molecule has 1 aliphatic heterocycles. The highest BCUT2D eigenvalue weighted by molar-refractivity contribution is 6.22. The average Bonchev–Trinajstić information content (AvgIpc) is 3.13. The molecule has 2 aliphatic rings. The zero-order chi connectivity index (χ0) is 24.4. The largest absolute Gasteiger partial charge is 0.489 e. The first-order valence-corrected chi connectivity index (χ1v) is 11.7. The van der Waals surface area contributed by atoms with Gasteiger partial charge in [0.15, 0.2) is 0 Å². The standard InChI is InChI=1S/C29H26N2O4/c1-19-7-16-25-26(17-19)29(34)31(28(25)33)23-12-8-21(9-13-23)27(32)30-22-10-14-24(15-11-22)35-18-20-5-3-2-4-6-20/h2-15,25-26H,16-18H2,1H3,(H,30,32)/t25-,26+/m1/s1. The van der Waals surface area contributed by atoms with Crippen molar-refractivity contribution in [3.63, 3.8) is 0 Å². The second-order valence-electron chi connectivity index (χ2n) is 9.01. The van der Waals surface area contributed by atoms with Gasteiger partial charge in [-0.1, -0.05) is 42.0 Å². The van der Waals surface area contributed by atoms with E-state index in [-0.39, 0.29) is 29.6 Å². The van der Waals surface area contributed by atoms with E-state index >= 15 is 0 Å². The second-order valence-corrected chi connectivity index (χ2v) is 9.01. The van der Waals surface area contributed by atoms with Crippen LogP contribution in [0, 0.1) is 11.8 Å². The molecule has 1 heterocycles. The van der Waals surface area contributed by atoms with E-state index in [1.54, 1.807) is 36.4 Å². The van der Waals surface area contributed by atoms with Gasteiger partial charge in [-0.25, -0.2) is 0 Å². The number of hydrogen-bond acceptors (Lipinski definition) is 4. The summed E-state index contributed by atoms with van der Waals surface area (Å²) < 4.78 is 5.78. The van der Waals surface area contributed by atoms with Gasteiger partial charge in [0.1, 0.15) is 12.4 Å². The quantitative estimate of drug-likeness (QED) is 0.392. The molecule has 1 fully saturated rings. The van der Waals surface area contributed by atoms with Crippen molar-refractivity contribution in [3.05, 3.63) is 102 Å². The first-order chi connectivity index (χ1) is 17.0. The molecule has 0 saturated carbocycles. The number of ether oxygens (including phenoxy) is 1. The second kappa shape index (κ2) is 9.58. The lowest BCUT2D eigenvalue weighted by molar-refractivity contribution is -0.122. The zero-order valence-corrected chi connectivity index (χ0v) is 19.4. The molecular formula is C29H26N2O4. The molecule has 1 saturated heterocycles. The van der Waals surface area contributed by atoms with Crippen molar-refractivity contribution in [2.45, 2.75) is 26.4 Å². The highest BCUT2D eigenvalue weighted by atomic mass is 16.5. The number of benzene rings is 3. The van der Waals surface area contributed by atoms with Crippen molar-refractivity contribution >= 4 is 29.1 Å². The molecule has 176 valence electrons. The lowest BCUT2D eigenvalue weighted by Crippen LogP contribution is -2.30. The molecule has 2 atom stereocenters. The molecule has 0 aromatic heterocycles. The van der Waals surface area contributed by atoms with Gasteiger partial charge in [0.2, 0.25) is 11.8 Å². The van der Waals surface area contributed by atoms with Crippen LogP contribution in [0.25, 0.3) is 0 Å². The summed E-state index contributed by atoms with van der Waals surface area (Å²) in [5.41, 5.74) is 3.81. The highest BCUT2D eigenvalue weighted by Gasteiger charge is 2.48. The van der Waals surface area contributed by atoms with Crippen molar-refractivity contribution < 1.29 is 19.1 Å². The predicted molar refractivity (Wildman–Crippen MR) is 134 cm³/mol. The summed E-state index contributed by atoms with van der Waals surface area (Å²) in [6, 6.07) is 23.7. The van der Waals surface area contributed by atoms with Gasteiger partial charge in [0.25, 0.3) is 5.91 Å². The van der Waals surface area contributed by atoms with Crippen molar-refractivity contribution in [1.82, 2.24) is 0 Å². The minimum Gasteiger partial charge on any atom is -0.489 e. The van der Waals surface area contributed by atoms with Gasteiger partial charge in [-0.3, -0.25) is 19.3 Å². The predicted octanol–water partition coefficient (Wildman–Crippen LogP) is 5.36. The van der Waals surface area contributed by atoms with E-state index in [4.69, 9.17) is 4.74 Å². The van der Waals surface area contributed by atoms with Crippen LogP contribution in [0.5, 0.6) is 5.75 Å². The Bertz CT molecular complexity index is 1280. The monoisotopic (exact) mass is 466 g/mol. The van der Waals surface area contributed by atoms with Crippen molar-refractivity contribution in [3.8, 4) is 5.75 Å². The topological polar surface area (TPSA) is 75.7 Å². The molecule has 1 aliphatic carbocycles. The molecule has 35 heavy (non-hydrogen) atoms. The van der Waals surface area contributed by atoms with Crippen LogP contribution < -0.4 is 15.0 Å². The van der Waals surface area contributed by atoms with Crippen LogP contribution in [0.4, 0.5) is 11.4 Å². The molecule has 3 aromatic carbocycles. The maximum atomic E-state index is 12.9. The van der Waals surface area contributed by atoms with Crippen molar-refractivity contribution in [2.24, 2.45) is 11.8 Å². The summed E-state index contributed by atoms with van der Waals surface area (Å²) in [6.45, 7) is 2.47. The van der Waals surface area contributed by atoms with E-state index in [0.29, 0.717) is 42.1 Å². The summed E-state index contributed by atoms with van der Waals surface area (Å²) in [4.78, 5) is 39.7. The lowest BCUT2D eigenvalue weighted by Gasteiger charge is -2.18. The summed E-state index contributed by atoms with van der Waals surface area (Å²) in [7, 11) is 0. The number of carbonyl (C=O) groups is 3. The van der Waals surface area contributed by atoms with Crippen LogP contribution in [0.3, 0.4) is 0 Å². The molecular weight excluding hydrogens is 440 g/mol. The van der Waals surface area contributed by atoms with Crippen LogP contribution in [0.2, 0.25) is 0 Å². The smallest absolute Gasteiger partial charge is 0.255 e. The minimum absolute atomic E-state index is 0.153. The highest BCUT2D eigenvalue weighted by Crippen LogP contribution is 2.39. The van der Waals surface area contributed by atoms with Crippen LogP contribution in [-0.2, 0) is 16.2 Å². The first kappa shape index (κ1) is 22.6. The number of amides is 3. The van der Waals surface area contributed by atoms with E-state index in [9.17, 15) is 14.4 Å². The maximum Gasteiger partial charge on any atom is 0.255 e. The van der Waals surface area contributed by atoms with E-state index in [0.717, 1.165) is 11.1 Å². The Hall–Kier alpha value is -4.19. The van der Waals surface area contributed by atoms with Gasteiger partial charge >= 0.3 is 0 Å². The fraction of sp³-hybridized carbons (Fsp3) is 0.207. The molecule has 3 amide bonds. The average molecular weight is 467 g/mol. The van der Waals surface area contributed by atoms with E-state index in [1.165, 1.54) is 4.90 Å². The number of nitrogens with zero attached hydrogens (tertiary/aromatic N) is 1. The molecule has 0 radical (unpaired) electrons. The van der Waals surface area contributed by atoms with E-state index in [1.807, 2.05) is 55.5 Å². The molecule has 3 aromatic rings. The SMILES string of the molecule is CC1=CC[C@H]2C(=O)N(c3ccc(C(=O)Nc4ccc(OCc5ccccc5)cc4)cc3)C(=O)[C@H]2C1. The van der Waals surface area contributed by atoms with Gasteiger partial charge in [-0.15, -0.1) is 0 Å². The maximum absolute atomic E-state index is 12.9. The fourth-order valence-electron chi connectivity index (χ4n) is 4.63. The van der Waals surface area contributed by atoms with Gasteiger partial charge in [0.05, 0.1) is 17.5 Å². The lowest BCUT2D eigenvalue weighted by atomic mass is 9.82. The normalized spacial score (nSPS) is 19.2. The van der Waals surface area contributed by atoms with E-state index in [2.05, 4.69) is 5.32 Å². The molecule has 0 unspecified atom stereocenters. The zero-order valence-electron chi connectivity index (χ0n) is 19.4. The van der Waals surface area contributed by atoms with E-state index < -0.39 is 0 Å². The third-order valence-electron chi connectivity index (χ3n) is 6.57. The van der Waals surface area contributed by atoms with Gasteiger partial charge < -0.3 is 10.1 Å². The minimum atomic E-state index is -0.284. The number of imide groups is 1. The molecule has 6 nitrogen and oxygen atoms in total. The Labute approximate surface area is 204 Å². The van der Waals surface area contributed by atoms with Crippen LogP contribution in [-0.4, -0.2) is 17.7 Å². The Morgan fingerprint density at radius 3 is 2.31 bits per heavy atom. The summed E-state index contributed by atoms with van der Waals surface area (Å²) >= 11 is 0. The number of rotatable bonds is 6. The molecule has 5 rings (SSSR count). The van der Waals surface area contributed by atoms with Crippen LogP contribution in [0.1, 0.15) is 35.7 Å². The number of allylic oxidation sites excluding steroid dienone is 2. The molecule has 0 spiro atoms. The Morgan fingerprint density at radius 2 is 1.60 bits per heavy atom. The number of nitrogens with one attached hydrogen (secondary N) is 1. The van der Waals surface area contributed by atoms with Gasteiger partial charge in [-0.05, 0) is 73.9 Å².